The van der Waals surface area contributed by atoms with Gasteiger partial charge in [-0.05, 0) is 42.3 Å². The van der Waals surface area contributed by atoms with E-state index in [4.69, 9.17) is 0 Å². The van der Waals surface area contributed by atoms with Crippen LogP contribution in [0.15, 0.2) is 54.7 Å². The fourth-order valence-electron chi connectivity index (χ4n) is 3.11. The molecule has 0 spiro atoms. The second-order valence-electron chi connectivity index (χ2n) is 6.11. The Morgan fingerprint density at radius 2 is 1.81 bits per heavy atom. The minimum atomic E-state index is -1.68. The normalized spacial score (nSPS) is 12.8. The molecule has 0 fully saturated rings. The van der Waals surface area contributed by atoms with Gasteiger partial charge in [0, 0.05) is 12.2 Å². The van der Waals surface area contributed by atoms with E-state index < -0.39 is 28.9 Å². The molecular weight excluding hydrogens is 355 g/mol. The summed E-state index contributed by atoms with van der Waals surface area (Å²) in [6.45, 7) is 0.826. The number of anilines is 3. The van der Waals surface area contributed by atoms with Gasteiger partial charge in [0.05, 0.1) is 17.4 Å². The second-order valence-corrected chi connectivity index (χ2v) is 6.11. The minimum Gasteiger partial charge on any atom is -0.340 e. The van der Waals surface area contributed by atoms with Crippen LogP contribution in [0.25, 0.3) is 0 Å². The smallest absolute Gasteiger partial charge is 0.259 e. The molecule has 4 rings (SSSR count). The molecule has 0 atom stereocenters. The summed E-state index contributed by atoms with van der Waals surface area (Å²) in [5.41, 5.74) is 2.63. The van der Waals surface area contributed by atoms with Crippen molar-refractivity contribution >= 4 is 23.1 Å². The maximum atomic E-state index is 13.7. The second kappa shape index (κ2) is 6.75. The van der Waals surface area contributed by atoms with Gasteiger partial charge in [-0.2, -0.15) is 0 Å². The number of amides is 1. The van der Waals surface area contributed by atoms with Crippen molar-refractivity contribution in [3.05, 3.63) is 83.3 Å². The van der Waals surface area contributed by atoms with E-state index in [-0.39, 0.29) is 5.82 Å². The third kappa shape index (κ3) is 3.12. The lowest BCUT2D eigenvalue weighted by Crippen LogP contribution is -2.17. The molecule has 1 aliphatic rings. The highest BCUT2D eigenvalue weighted by Crippen LogP contribution is 2.34. The molecule has 4 nitrogen and oxygen atoms in total. The summed E-state index contributed by atoms with van der Waals surface area (Å²) in [5.74, 6) is -5.28. The Bertz CT molecular complexity index is 1020. The van der Waals surface area contributed by atoms with Crippen molar-refractivity contribution in [1.29, 1.82) is 0 Å². The van der Waals surface area contributed by atoms with Gasteiger partial charge in [-0.15, -0.1) is 0 Å². The zero-order valence-corrected chi connectivity index (χ0v) is 14.0. The summed E-state index contributed by atoms with van der Waals surface area (Å²) in [5, 5.41) is 2.38. The average molecular weight is 369 g/mol. The summed E-state index contributed by atoms with van der Waals surface area (Å²) < 4.78 is 40.0. The van der Waals surface area contributed by atoms with E-state index in [0.717, 1.165) is 30.4 Å². The minimum absolute atomic E-state index is 0.181. The van der Waals surface area contributed by atoms with Gasteiger partial charge in [0.1, 0.15) is 5.82 Å². The van der Waals surface area contributed by atoms with E-state index in [1.807, 2.05) is 18.2 Å². The maximum absolute atomic E-state index is 13.7. The number of fused-ring (bicyclic) bond motifs is 1. The SMILES string of the molecule is O=C(Nc1ccc(N2CCc3ccccc32)cn1)c1ccc(F)c(F)c1F. The largest absolute Gasteiger partial charge is 0.340 e. The molecule has 0 radical (unpaired) electrons. The fraction of sp³-hybridized carbons (Fsp3) is 0.100. The van der Waals surface area contributed by atoms with Gasteiger partial charge in [0.15, 0.2) is 17.5 Å². The van der Waals surface area contributed by atoms with Crippen LogP contribution >= 0.6 is 0 Å². The highest BCUT2D eigenvalue weighted by atomic mass is 19.2. The summed E-state index contributed by atoms with van der Waals surface area (Å²) in [4.78, 5) is 18.4. The zero-order valence-electron chi connectivity index (χ0n) is 14.0. The van der Waals surface area contributed by atoms with Crippen LogP contribution in [-0.4, -0.2) is 17.4 Å². The zero-order chi connectivity index (χ0) is 19.0. The number of halogens is 3. The van der Waals surface area contributed by atoms with Crippen LogP contribution in [0.3, 0.4) is 0 Å². The van der Waals surface area contributed by atoms with Gasteiger partial charge in [0.2, 0.25) is 0 Å². The first-order valence-corrected chi connectivity index (χ1v) is 8.31. The molecule has 0 unspecified atom stereocenters. The Balaban J connectivity index is 1.52. The van der Waals surface area contributed by atoms with Crippen LogP contribution in [0.1, 0.15) is 15.9 Å². The lowest BCUT2D eigenvalue weighted by molar-refractivity contribution is 0.102. The highest BCUT2D eigenvalue weighted by Gasteiger charge is 2.21. The van der Waals surface area contributed by atoms with Crippen LogP contribution in [-0.2, 0) is 6.42 Å². The molecule has 136 valence electrons. The van der Waals surface area contributed by atoms with E-state index in [0.29, 0.717) is 6.07 Å². The molecule has 27 heavy (non-hydrogen) atoms. The number of nitrogens with zero attached hydrogens (tertiary/aromatic N) is 2. The Labute approximate surface area is 153 Å². The molecule has 1 N–H and O–H groups in total. The number of para-hydroxylation sites is 1. The average Bonchev–Trinajstić information content (AvgIpc) is 3.11. The van der Waals surface area contributed by atoms with Crippen LogP contribution in [0, 0.1) is 17.5 Å². The number of benzene rings is 2. The molecule has 2 heterocycles. The van der Waals surface area contributed by atoms with Crippen LogP contribution in [0.5, 0.6) is 0 Å². The van der Waals surface area contributed by atoms with Crippen LogP contribution in [0.4, 0.5) is 30.4 Å². The standard InChI is InChI=1S/C20H14F3N3O/c21-15-7-6-14(18(22)19(15)23)20(27)25-17-8-5-13(11-24-17)26-10-9-12-3-1-2-4-16(12)26/h1-8,11H,9-10H2,(H,24,25,27). The van der Waals surface area contributed by atoms with Crippen molar-refractivity contribution in [2.24, 2.45) is 0 Å². The number of nitrogens with one attached hydrogen (secondary N) is 1. The third-order valence-electron chi connectivity index (χ3n) is 4.47. The molecule has 7 heteroatoms. The van der Waals surface area contributed by atoms with E-state index in [9.17, 15) is 18.0 Å². The first-order valence-electron chi connectivity index (χ1n) is 8.31. The Kier molecular flexibility index (Phi) is 4.27. The summed E-state index contributed by atoms with van der Waals surface area (Å²) >= 11 is 0. The summed E-state index contributed by atoms with van der Waals surface area (Å²) in [6, 6.07) is 13.0. The van der Waals surface area contributed by atoms with E-state index >= 15 is 0 Å². The van der Waals surface area contributed by atoms with Crippen molar-refractivity contribution in [1.82, 2.24) is 4.98 Å². The van der Waals surface area contributed by atoms with Crippen molar-refractivity contribution in [2.75, 3.05) is 16.8 Å². The molecular formula is C20H14F3N3O. The monoisotopic (exact) mass is 369 g/mol. The number of hydrogen-bond donors (Lipinski definition) is 1. The van der Waals surface area contributed by atoms with E-state index in [1.165, 1.54) is 5.56 Å². The van der Waals surface area contributed by atoms with Gasteiger partial charge >= 0.3 is 0 Å². The number of pyridine rings is 1. The maximum Gasteiger partial charge on any atom is 0.259 e. The quantitative estimate of drug-likeness (QED) is 0.694. The molecule has 1 aromatic heterocycles. The van der Waals surface area contributed by atoms with Gasteiger partial charge in [-0.1, -0.05) is 18.2 Å². The summed E-state index contributed by atoms with van der Waals surface area (Å²) in [6.07, 6.45) is 2.53. The van der Waals surface area contributed by atoms with Gasteiger partial charge in [0.25, 0.3) is 5.91 Å². The molecule has 0 aliphatic carbocycles. The molecule has 2 aromatic carbocycles. The van der Waals surface area contributed by atoms with Crippen LogP contribution < -0.4 is 10.2 Å². The van der Waals surface area contributed by atoms with Crippen molar-refractivity contribution < 1.29 is 18.0 Å². The fourth-order valence-corrected chi connectivity index (χ4v) is 3.11. The lowest BCUT2D eigenvalue weighted by Gasteiger charge is -2.19. The molecule has 1 aliphatic heterocycles. The molecule has 1 amide bonds. The predicted molar refractivity (Wildman–Crippen MR) is 95.7 cm³/mol. The van der Waals surface area contributed by atoms with Crippen molar-refractivity contribution in [2.45, 2.75) is 6.42 Å². The number of rotatable bonds is 3. The van der Waals surface area contributed by atoms with Crippen molar-refractivity contribution in [3.63, 3.8) is 0 Å². The van der Waals surface area contributed by atoms with E-state index in [1.54, 1.807) is 18.3 Å². The van der Waals surface area contributed by atoms with Gasteiger partial charge < -0.3 is 10.2 Å². The molecule has 3 aromatic rings. The first-order chi connectivity index (χ1) is 13.0. The molecule has 0 saturated carbocycles. The lowest BCUT2D eigenvalue weighted by atomic mass is 10.2. The number of carbonyl (C=O) groups is 1. The topological polar surface area (TPSA) is 45.2 Å². The van der Waals surface area contributed by atoms with E-state index in [2.05, 4.69) is 21.3 Å². The Morgan fingerprint density at radius 1 is 1.00 bits per heavy atom. The molecule has 0 saturated heterocycles. The summed E-state index contributed by atoms with van der Waals surface area (Å²) in [7, 11) is 0. The first kappa shape index (κ1) is 17.1. The van der Waals surface area contributed by atoms with Gasteiger partial charge in [-0.3, -0.25) is 4.79 Å². The predicted octanol–water partition coefficient (Wildman–Crippen LogP) is 4.45. The van der Waals surface area contributed by atoms with Crippen LogP contribution in [0.2, 0.25) is 0 Å². The molecule has 0 bridgehead atoms. The highest BCUT2D eigenvalue weighted by molar-refractivity contribution is 6.04. The Morgan fingerprint density at radius 3 is 2.59 bits per heavy atom. The number of hydrogen-bond acceptors (Lipinski definition) is 3. The number of aromatic nitrogens is 1. The third-order valence-corrected chi connectivity index (χ3v) is 4.47. The van der Waals surface area contributed by atoms with Crippen molar-refractivity contribution in [3.8, 4) is 0 Å². The van der Waals surface area contributed by atoms with Gasteiger partial charge in [-0.25, -0.2) is 18.2 Å². The number of carbonyl (C=O) groups excluding carboxylic acids is 1. The Hall–Kier alpha value is -3.35.